The van der Waals surface area contributed by atoms with E-state index in [1.165, 1.54) is 6.07 Å². The normalized spacial score (nSPS) is 11.6. The van der Waals surface area contributed by atoms with E-state index in [9.17, 15) is 14.3 Å². The topological polar surface area (TPSA) is 37.3 Å². The third-order valence-electron chi connectivity index (χ3n) is 2.22. The molecular formula is C13H16BrFO2. The van der Waals surface area contributed by atoms with Crippen LogP contribution in [-0.4, -0.2) is 10.9 Å². The van der Waals surface area contributed by atoms with Gasteiger partial charge in [0.1, 0.15) is 5.78 Å². The summed E-state index contributed by atoms with van der Waals surface area (Å²) in [5, 5.41) is 9.52. The molecule has 0 saturated carbocycles. The Bertz CT molecular complexity index is 436. The van der Waals surface area contributed by atoms with E-state index in [2.05, 4.69) is 15.9 Å². The van der Waals surface area contributed by atoms with Gasteiger partial charge in [-0.3, -0.25) is 4.79 Å². The van der Waals surface area contributed by atoms with E-state index < -0.39 is 11.6 Å². The van der Waals surface area contributed by atoms with Crippen LogP contribution in [-0.2, 0) is 11.2 Å². The highest BCUT2D eigenvalue weighted by molar-refractivity contribution is 9.10. The zero-order valence-electron chi connectivity index (χ0n) is 10.2. The van der Waals surface area contributed by atoms with Gasteiger partial charge in [0.15, 0.2) is 11.6 Å². The number of ketones is 1. The van der Waals surface area contributed by atoms with Gasteiger partial charge in [-0.05, 0) is 17.5 Å². The minimum absolute atomic E-state index is 0.00898. The molecule has 0 aliphatic rings. The number of hydrogen-bond donors (Lipinski definition) is 1. The maximum absolute atomic E-state index is 13.2. The molecule has 0 heterocycles. The number of phenolic OH excluding ortho intramolecular Hbond substituents is 1. The number of Topliss-reactive ketones (excluding diaryl/α,β-unsaturated/α-hetero) is 1. The predicted molar refractivity (Wildman–Crippen MR) is 68.5 cm³/mol. The van der Waals surface area contributed by atoms with E-state index >= 15 is 0 Å². The molecule has 0 radical (unpaired) electrons. The van der Waals surface area contributed by atoms with Crippen molar-refractivity contribution in [2.75, 3.05) is 0 Å². The molecule has 0 aliphatic carbocycles. The summed E-state index contributed by atoms with van der Waals surface area (Å²) in [6.45, 7) is 5.89. The van der Waals surface area contributed by atoms with Gasteiger partial charge in [-0.25, -0.2) is 4.39 Å². The summed E-state index contributed by atoms with van der Waals surface area (Å²) in [6.07, 6.45) is 0.458. The standard InChI is InChI=1S/C13H16BrFO2/c1-13(2,3)7-10(16)5-8-4-9(14)6-11(15)12(8)17/h4,6,17H,5,7H2,1-3H3. The van der Waals surface area contributed by atoms with Crippen molar-refractivity contribution in [3.05, 3.63) is 28.0 Å². The van der Waals surface area contributed by atoms with E-state index in [-0.39, 0.29) is 17.6 Å². The van der Waals surface area contributed by atoms with Crippen LogP contribution >= 0.6 is 15.9 Å². The second kappa shape index (κ2) is 5.17. The highest BCUT2D eigenvalue weighted by atomic mass is 79.9. The van der Waals surface area contributed by atoms with E-state index in [0.29, 0.717) is 16.5 Å². The molecule has 1 rings (SSSR count). The summed E-state index contributed by atoms with van der Waals surface area (Å²) in [7, 11) is 0. The number of aromatic hydroxyl groups is 1. The third-order valence-corrected chi connectivity index (χ3v) is 2.68. The lowest BCUT2D eigenvalue weighted by Crippen LogP contribution is -2.14. The van der Waals surface area contributed by atoms with E-state index in [1.54, 1.807) is 6.07 Å². The van der Waals surface area contributed by atoms with Gasteiger partial charge in [0.25, 0.3) is 0 Å². The van der Waals surface area contributed by atoms with E-state index in [0.717, 1.165) is 0 Å². The fraction of sp³-hybridized carbons (Fsp3) is 0.462. The first-order valence-electron chi connectivity index (χ1n) is 5.37. The minimum atomic E-state index is -0.710. The number of rotatable bonds is 3. The van der Waals surface area contributed by atoms with Gasteiger partial charge in [0.2, 0.25) is 0 Å². The van der Waals surface area contributed by atoms with Crippen molar-refractivity contribution < 1.29 is 14.3 Å². The smallest absolute Gasteiger partial charge is 0.166 e. The van der Waals surface area contributed by atoms with Crippen molar-refractivity contribution in [3.63, 3.8) is 0 Å². The molecule has 1 N–H and O–H groups in total. The van der Waals surface area contributed by atoms with Gasteiger partial charge in [0.05, 0.1) is 0 Å². The van der Waals surface area contributed by atoms with Crippen LogP contribution in [0.4, 0.5) is 4.39 Å². The Balaban J connectivity index is 2.85. The summed E-state index contributed by atoms with van der Waals surface area (Å²) in [5.41, 5.74) is 0.225. The van der Waals surface area contributed by atoms with Crippen molar-refractivity contribution in [1.82, 2.24) is 0 Å². The maximum atomic E-state index is 13.2. The first-order chi connectivity index (χ1) is 7.69. The first-order valence-corrected chi connectivity index (χ1v) is 6.17. The van der Waals surface area contributed by atoms with E-state index in [1.807, 2.05) is 20.8 Å². The van der Waals surface area contributed by atoms with Crippen LogP contribution in [0.1, 0.15) is 32.8 Å². The molecule has 2 nitrogen and oxygen atoms in total. The largest absolute Gasteiger partial charge is 0.505 e. The van der Waals surface area contributed by atoms with E-state index in [4.69, 9.17) is 0 Å². The van der Waals surface area contributed by atoms with Crippen molar-refractivity contribution in [2.45, 2.75) is 33.6 Å². The first kappa shape index (κ1) is 14.2. The zero-order valence-corrected chi connectivity index (χ0v) is 11.8. The Morgan fingerprint density at radius 3 is 2.53 bits per heavy atom. The summed E-state index contributed by atoms with van der Waals surface area (Å²) in [6, 6.07) is 2.74. The van der Waals surface area contributed by atoms with Crippen LogP contribution in [0.2, 0.25) is 0 Å². The average Bonchev–Trinajstić information content (AvgIpc) is 2.10. The molecular weight excluding hydrogens is 287 g/mol. The third kappa shape index (κ3) is 4.46. The lowest BCUT2D eigenvalue weighted by atomic mass is 9.88. The maximum Gasteiger partial charge on any atom is 0.166 e. The highest BCUT2D eigenvalue weighted by Crippen LogP contribution is 2.28. The number of benzene rings is 1. The predicted octanol–water partition coefficient (Wildman–Crippen LogP) is 3.84. The second-order valence-corrected chi connectivity index (χ2v) is 6.26. The molecule has 4 heteroatoms. The van der Waals surface area contributed by atoms with Crippen LogP contribution in [0.3, 0.4) is 0 Å². The Kier molecular flexibility index (Phi) is 4.31. The van der Waals surface area contributed by atoms with Crippen molar-refractivity contribution in [1.29, 1.82) is 0 Å². The number of halogens is 2. The molecule has 0 unspecified atom stereocenters. The second-order valence-electron chi connectivity index (χ2n) is 5.35. The molecule has 0 aliphatic heterocycles. The highest BCUT2D eigenvalue weighted by Gasteiger charge is 2.18. The number of hydrogen-bond acceptors (Lipinski definition) is 2. The summed E-state index contributed by atoms with van der Waals surface area (Å²) in [4.78, 5) is 11.8. The van der Waals surface area contributed by atoms with Crippen LogP contribution in [0.5, 0.6) is 5.75 Å². The van der Waals surface area contributed by atoms with Gasteiger partial charge in [-0.15, -0.1) is 0 Å². The molecule has 0 atom stereocenters. The molecule has 0 bridgehead atoms. The van der Waals surface area contributed by atoms with Crippen molar-refractivity contribution in [3.8, 4) is 5.75 Å². The Hall–Kier alpha value is -0.900. The number of carbonyl (C=O) groups is 1. The van der Waals surface area contributed by atoms with Gasteiger partial charge in [-0.2, -0.15) is 0 Å². The molecule has 1 aromatic rings. The fourth-order valence-electron chi connectivity index (χ4n) is 1.62. The van der Waals surface area contributed by atoms with Crippen LogP contribution in [0, 0.1) is 11.2 Å². The van der Waals surface area contributed by atoms with Gasteiger partial charge < -0.3 is 5.11 Å². The molecule has 0 saturated heterocycles. The summed E-state index contributed by atoms with van der Waals surface area (Å²) < 4.78 is 13.8. The fourth-order valence-corrected chi connectivity index (χ4v) is 2.10. The minimum Gasteiger partial charge on any atom is -0.505 e. The monoisotopic (exact) mass is 302 g/mol. The van der Waals surface area contributed by atoms with Crippen LogP contribution < -0.4 is 0 Å². The average molecular weight is 303 g/mol. The Morgan fingerprint density at radius 2 is 2.00 bits per heavy atom. The van der Waals surface area contributed by atoms with Crippen molar-refractivity contribution in [2.24, 2.45) is 5.41 Å². The molecule has 0 fully saturated rings. The Labute approximate surface area is 109 Å². The van der Waals surface area contributed by atoms with Gasteiger partial charge in [0, 0.05) is 22.9 Å². The molecule has 17 heavy (non-hydrogen) atoms. The molecule has 0 amide bonds. The number of phenols is 1. The lowest BCUT2D eigenvalue weighted by molar-refractivity contribution is -0.120. The molecule has 94 valence electrons. The Morgan fingerprint density at radius 1 is 1.41 bits per heavy atom. The summed E-state index contributed by atoms with van der Waals surface area (Å²) in [5.74, 6) is -1.15. The van der Waals surface area contributed by atoms with Crippen LogP contribution in [0.15, 0.2) is 16.6 Å². The van der Waals surface area contributed by atoms with Crippen LogP contribution in [0.25, 0.3) is 0 Å². The molecule has 1 aromatic carbocycles. The van der Waals surface area contributed by atoms with Crippen molar-refractivity contribution >= 4 is 21.7 Å². The summed E-state index contributed by atoms with van der Waals surface area (Å²) >= 11 is 3.14. The lowest BCUT2D eigenvalue weighted by Gasteiger charge is -2.17. The molecule has 0 spiro atoms. The SMILES string of the molecule is CC(C)(C)CC(=O)Cc1cc(Br)cc(F)c1O. The quantitative estimate of drug-likeness (QED) is 0.921. The molecule has 0 aromatic heterocycles. The van der Waals surface area contributed by atoms with Gasteiger partial charge in [-0.1, -0.05) is 36.7 Å². The zero-order chi connectivity index (χ0) is 13.2. The number of carbonyl (C=O) groups excluding carboxylic acids is 1. The van der Waals surface area contributed by atoms with Gasteiger partial charge >= 0.3 is 0 Å².